The summed E-state index contributed by atoms with van der Waals surface area (Å²) in [5.74, 6) is 0.114. The van der Waals surface area contributed by atoms with Crippen LogP contribution in [-0.2, 0) is 20.7 Å². The third-order valence-electron chi connectivity index (χ3n) is 2.14. The molecule has 0 saturated heterocycles. The smallest absolute Gasteiger partial charge is 0.162 e. The molecule has 0 radical (unpaired) electrons. The second-order valence-electron chi connectivity index (χ2n) is 3.60. The largest absolute Gasteiger partial charge is 0.385 e. The van der Waals surface area contributed by atoms with E-state index in [1.54, 1.807) is 7.11 Å². The third kappa shape index (κ3) is 5.63. The van der Waals surface area contributed by atoms with E-state index in [4.69, 9.17) is 9.47 Å². The number of methoxy groups -OCH3 is 1. The van der Waals surface area contributed by atoms with Gasteiger partial charge in [0.2, 0.25) is 0 Å². The van der Waals surface area contributed by atoms with Gasteiger partial charge in [-0.1, -0.05) is 30.3 Å². The van der Waals surface area contributed by atoms with Crippen molar-refractivity contribution in [1.82, 2.24) is 0 Å². The van der Waals surface area contributed by atoms with Gasteiger partial charge < -0.3 is 9.47 Å². The molecular weight excluding hydrogens is 204 g/mol. The Kier molecular flexibility index (Phi) is 6.45. The van der Waals surface area contributed by atoms with Crippen LogP contribution in [0.25, 0.3) is 0 Å². The number of ketones is 1. The van der Waals surface area contributed by atoms with Crippen molar-refractivity contribution in [2.24, 2.45) is 0 Å². The van der Waals surface area contributed by atoms with Crippen molar-refractivity contribution in [2.45, 2.75) is 12.8 Å². The molecule has 0 atom stereocenters. The summed E-state index contributed by atoms with van der Waals surface area (Å²) in [6.45, 7) is 1.44. The van der Waals surface area contributed by atoms with E-state index in [9.17, 15) is 4.79 Å². The number of carbonyl (C=O) groups is 1. The molecule has 0 amide bonds. The SMILES string of the molecule is COCCCOCC(=O)Cc1ccccc1. The fourth-order valence-corrected chi connectivity index (χ4v) is 1.37. The maximum Gasteiger partial charge on any atom is 0.162 e. The minimum absolute atomic E-state index is 0.114. The Morgan fingerprint density at radius 2 is 1.94 bits per heavy atom. The Labute approximate surface area is 96.4 Å². The average molecular weight is 222 g/mol. The zero-order valence-corrected chi connectivity index (χ0v) is 9.65. The highest BCUT2D eigenvalue weighted by Gasteiger charge is 2.03. The normalized spacial score (nSPS) is 10.3. The molecule has 1 rings (SSSR count). The number of rotatable bonds is 8. The molecule has 16 heavy (non-hydrogen) atoms. The summed E-state index contributed by atoms with van der Waals surface area (Å²) in [6.07, 6.45) is 1.28. The maximum atomic E-state index is 11.5. The first-order valence-corrected chi connectivity index (χ1v) is 5.45. The second-order valence-corrected chi connectivity index (χ2v) is 3.60. The van der Waals surface area contributed by atoms with E-state index in [1.165, 1.54) is 0 Å². The number of ether oxygens (including phenoxy) is 2. The highest BCUT2D eigenvalue weighted by atomic mass is 16.5. The van der Waals surface area contributed by atoms with Crippen LogP contribution in [0.1, 0.15) is 12.0 Å². The van der Waals surface area contributed by atoms with Crippen LogP contribution in [0.3, 0.4) is 0 Å². The molecule has 1 aromatic carbocycles. The minimum atomic E-state index is 0.114. The van der Waals surface area contributed by atoms with Crippen molar-refractivity contribution < 1.29 is 14.3 Å². The lowest BCUT2D eigenvalue weighted by atomic mass is 10.1. The Hall–Kier alpha value is -1.19. The predicted octanol–water partition coefficient (Wildman–Crippen LogP) is 1.85. The zero-order valence-electron chi connectivity index (χ0n) is 9.65. The topological polar surface area (TPSA) is 35.5 Å². The summed E-state index contributed by atoms with van der Waals surface area (Å²) >= 11 is 0. The first-order valence-electron chi connectivity index (χ1n) is 5.45. The van der Waals surface area contributed by atoms with Crippen LogP contribution < -0.4 is 0 Å². The summed E-state index contributed by atoms with van der Waals surface area (Å²) in [6, 6.07) is 9.70. The molecule has 0 aromatic heterocycles. The molecule has 0 aliphatic carbocycles. The molecule has 0 bridgehead atoms. The quantitative estimate of drug-likeness (QED) is 0.630. The number of hydrogen-bond donors (Lipinski definition) is 0. The van der Waals surface area contributed by atoms with Crippen LogP contribution in [0.15, 0.2) is 30.3 Å². The van der Waals surface area contributed by atoms with Gasteiger partial charge in [0.05, 0.1) is 0 Å². The molecular formula is C13H18O3. The molecule has 0 saturated carbocycles. The first kappa shape index (κ1) is 12.9. The summed E-state index contributed by atoms with van der Waals surface area (Å²) in [5, 5.41) is 0. The maximum absolute atomic E-state index is 11.5. The van der Waals surface area contributed by atoms with Gasteiger partial charge >= 0.3 is 0 Å². The number of Topliss-reactive ketones (excluding diaryl/α,β-unsaturated/α-hetero) is 1. The fraction of sp³-hybridized carbons (Fsp3) is 0.462. The highest BCUT2D eigenvalue weighted by Crippen LogP contribution is 2.00. The number of benzene rings is 1. The predicted molar refractivity (Wildman–Crippen MR) is 62.5 cm³/mol. The molecule has 0 fully saturated rings. The Bertz CT molecular complexity index is 295. The van der Waals surface area contributed by atoms with E-state index in [0.29, 0.717) is 19.6 Å². The van der Waals surface area contributed by atoms with Crippen LogP contribution in [0.2, 0.25) is 0 Å². The van der Waals surface area contributed by atoms with Crippen molar-refractivity contribution in [2.75, 3.05) is 26.9 Å². The van der Waals surface area contributed by atoms with Crippen LogP contribution in [-0.4, -0.2) is 32.7 Å². The van der Waals surface area contributed by atoms with Gasteiger partial charge in [-0.2, -0.15) is 0 Å². The molecule has 0 spiro atoms. The molecule has 0 aliphatic rings. The van der Waals surface area contributed by atoms with Gasteiger partial charge in [0, 0.05) is 26.7 Å². The molecule has 0 unspecified atom stereocenters. The molecule has 3 heteroatoms. The van der Waals surface area contributed by atoms with E-state index in [-0.39, 0.29) is 12.4 Å². The van der Waals surface area contributed by atoms with Crippen LogP contribution in [0, 0.1) is 0 Å². The van der Waals surface area contributed by atoms with Gasteiger partial charge in [0.15, 0.2) is 5.78 Å². The Morgan fingerprint density at radius 3 is 2.62 bits per heavy atom. The lowest BCUT2D eigenvalue weighted by Crippen LogP contribution is -2.12. The van der Waals surface area contributed by atoms with Gasteiger partial charge in [-0.25, -0.2) is 0 Å². The first-order chi connectivity index (χ1) is 7.83. The molecule has 3 nitrogen and oxygen atoms in total. The summed E-state index contributed by atoms with van der Waals surface area (Å²) < 4.78 is 10.1. The van der Waals surface area contributed by atoms with Crippen molar-refractivity contribution in [1.29, 1.82) is 0 Å². The third-order valence-corrected chi connectivity index (χ3v) is 2.14. The zero-order chi connectivity index (χ0) is 11.6. The fourth-order valence-electron chi connectivity index (χ4n) is 1.37. The molecule has 0 aliphatic heterocycles. The van der Waals surface area contributed by atoms with Crippen molar-refractivity contribution in [3.8, 4) is 0 Å². The minimum Gasteiger partial charge on any atom is -0.385 e. The lowest BCUT2D eigenvalue weighted by molar-refractivity contribution is -0.123. The summed E-state index contributed by atoms with van der Waals surface area (Å²) in [5.41, 5.74) is 1.04. The van der Waals surface area contributed by atoms with Crippen LogP contribution in [0.4, 0.5) is 0 Å². The van der Waals surface area contributed by atoms with E-state index in [1.807, 2.05) is 30.3 Å². The van der Waals surface area contributed by atoms with E-state index in [2.05, 4.69) is 0 Å². The average Bonchev–Trinajstić information content (AvgIpc) is 2.30. The van der Waals surface area contributed by atoms with Gasteiger partial charge in [-0.3, -0.25) is 4.79 Å². The molecule has 0 heterocycles. The van der Waals surface area contributed by atoms with Gasteiger partial charge in [-0.05, 0) is 12.0 Å². The number of carbonyl (C=O) groups excluding carboxylic acids is 1. The van der Waals surface area contributed by atoms with Crippen molar-refractivity contribution in [3.63, 3.8) is 0 Å². The molecule has 1 aromatic rings. The Morgan fingerprint density at radius 1 is 1.19 bits per heavy atom. The second kappa shape index (κ2) is 8.02. The monoisotopic (exact) mass is 222 g/mol. The highest BCUT2D eigenvalue weighted by molar-refractivity contribution is 5.81. The van der Waals surface area contributed by atoms with Crippen LogP contribution in [0.5, 0.6) is 0 Å². The molecule has 88 valence electrons. The summed E-state index contributed by atoms with van der Waals surface area (Å²) in [7, 11) is 1.65. The van der Waals surface area contributed by atoms with Crippen molar-refractivity contribution >= 4 is 5.78 Å². The summed E-state index contributed by atoms with van der Waals surface area (Å²) in [4.78, 5) is 11.5. The standard InChI is InChI=1S/C13H18O3/c1-15-8-5-9-16-11-13(14)10-12-6-3-2-4-7-12/h2-4,6-7H,5,8-11H2,1H3. The van der Waals surface area contributed by atoms with Gasteiger partial charge in [0.25, 0.3) is 0 Å². The van der Waals surface area contributed by atoms with Gasteiger partial charge in [0.1, 0.15) is 6.61 Å². The molecule has 0 N–H and O–H groups in total. The van der Waals surface area contributed by atoms with Gasteiger partial charge in [-0.15, -0.1) is 0 Å². The Balaban J connectivity index is 2.12. The van der Waals surface area contributed by atoms with Crippen molar-refractivity contribution in [3.05, 3.63) is 35.9 Å². The lowest BCUT2D eigenvalue weighted by Gasteiger charge is -2.03. The number of hydrogen-bond acceptors (Lipinski definition) is 3. The van der Waals surface area contributed by atoms with E-state index >= 15 is 0 Å². The van der Waals surface area contributed by atoms with E-state index in [0.717, 1.165) is 12.0 Å². The van der Waals surface area contributed by atoms with Crippen LogP contribution >= 0.6 is 0 Å². The van der Waals surface area contributed by atoms with E-state index < -0.39 is 0 Å².